The highest BCUT2D eigenvalue weighted by molar-refractivity contribution is 5.92. The fourth-order valence-corrected chi connectivity index (χ4v) is 2.42. The number of nitrogens with zero attached hydrogens (tertiary/aromatic N) is 2. The molecule has 0 aliphatic carbocycles. The summed E-state index contributed by atoms with van der Waals surface area (Å²) in [5, 5.41) is 0. The van der Waals surface area contributed by atoms with E-state index in [1.807, 2.05) is 12.1 Å². The zero-order valence-corrected chi connectivity index (χ0v) is 11.7. The summed E-state index contributed by atoms with van der Waals surface area (Å²) in [7, 11) is 1.62. The second kappa shape index (κ2) is 5.25. The topological polar surface area (TPSA) is 85.1 Å². The molecule has 7 heteroatoms. The average Bonchev–Trinajstić information content (AvgIpc) is 2.92. The number of fused-ring (bicyclic) bond motifs is 1. The minimum absolute atomic E-state index is 0.0764. The van der Waals surface area contributed by atoms with Crippen LogP contribution in [0.4, 0.5) is 0 Å². The van der Waals surface area contributed by atoms with Gasteiger partial charge in [-0.25, -0.2) is 0 Å². The standard InChI is InChI=1S/C14H17N3O4/c1-16-6-14(19)17(7-13(16)18)5-10(15)9-2-3-11-12(4-9)21-8-20-11/h2-4,10H,5-8,15H2,1H3. The molecule has 2 aliphatic heterocycles. The Hall–Kier alpha value is -2.28. The van der Waals surface area contributed by atoms with Gasteiger partial charge in [0, 0.05) is 19.6 Å². The van der Waals surface area contributed by atoms with Crippen LogP contribution < -0.4 is 15.2 Å². The summed E-state index contributed by atoms with van der Waals surface area (Å²) < 4.78 is 10.6. The Balaban J connectivity index is 1.70. The highest BCUT2D eigenvalue weighted by Gasteiger charge is 2.29. The van der Waals surface area contributed by atoms with Gasteiger partial charge in [0.1, 0.15) is 0 Å². The first-order valence-electron chi connectivity index (χ1n) is 6.71. The van der Waals surface area contributed by atoms with E-state index in [-0.39, 0.29) is 37.7 Å². The molecule has 1 unspecified atom stereocenters. The maximum atomic E-state index is 11.9. The van der Waals surface area contributed by atoms with E-state index in [1.165, 1.54) is 9.80 Å². The highest BCUT2D eigenvalue weighted by atomic mass is 16.7. The lowest BCUT2D eigenvalue weighted by molar-refractivity contribution is -0.148. The summed E-state index contributed by atoms with van der Waals surface area (Å²) in [6, 6.07) is 5.09. The molecule has 0 aromatic heterocycles. The van der Waals surface area contributed by atoms with Crippen LogP contribution >= 0.6 is 0 Å². The van der Waals surface area contributed by atoms with Crippen LogP contribution in [0, 0.1) is 0 Å². The Labute approximate surface area is 122 Å². The van der Waals surface area contributed by atoms with Crippen LogP contribution in [0.25, 0.3) is 0 Å². The van der Waals surface area contributed by atoms with Crippen molar-refractivity contribution in [1.29, 1.82) is 0 Å². The van der Waals surface area contributed by atoms with Gasteiger partial charge in [0.05, 0.1) is 13.1 Å². The van der Waals surface area contributed by atoms with E-state index in [9.17, 15) is 9.59 Å². The summed E-state index contributed by atoms with van der Waals surface area (Å²) >= 11 is 0. The first-order chi connectivity index (χ1) is 10.0. The van der Waals surface area contributed by atoms with Crippen molar-refractivity contribution in [3.05, 3.63) is 23.8 Å². The van der Waals surface area contributed by atoms with E-state index in [1.54, 1.807) is 13.1 Å². The number of ether oxygens (including phenoxy) is 2. The van der Waals surface area contributed by atoms with Crippen LogP contribution in [0.3, 0.4) is 0 Å². The second-order valence-corrected chi connectivity index (χ2v) is 5.24. The quantitative estimate of drug-likeness (QED) is 0.827. The molecule has 2 aliphatic rings. The van der Waals surface area contributed by atoms with E-state index in [0.29, 0.717) is 18.0 Å². The maximum Gasteiger partial charge on any atom is 0.242 e. The first kappa shape index (κ1) is 13.7. The Morgan fingerprint density at radius 1 is 1.19 bits per heavy atom. The normalized spacial score (nSPS) is 19.1. The number of hydrogen-bond acceptors (Lipinski definition) is 5. The van der Waals surface area contributed by atoms with Crippen molar-refractivity contribution in [2.45, 2.75) is 6.04 Å². The van der Waals surface area contributed by atoms with E-state index in [0.717, 1.165) is 5.56 Å². The number of benzene rings is 1. The van der Waals surface area contributed by atoms with Crippen molar-refractivity contribution in [3.63, 3.8) is 0 Å². The number of rotatable bonds is 3. The van der Waals surface area contributed by atoms with Crippen LogP contribution in [-0.2, 0) is 9.59 Å². The minimum Gasteiger partial charge on any atom is -0.454 e. The predicted molar refractivity (Wildman–Crippen MR) is 73.7 cm³/mol. The van der Waals surface area contributed by atoms with Crippen molar-refractivity contribution in [3.8, 4) is 11.5 Å². The molecule has 1 aromatic rings. The third-order valence-corrected chi connectivity index (χ3v) is 3.72. The fraction of sp³-hybridized carbons (Fsp3) is 0.429. The van der Waals surface area contributed by atoms with E-state index in [4.69, 9.17) is 15.2 Å². The molecule has 1 atom stereocenters. The van der Waals surface area contributed by atoms with Gasteiger partial charge in [-0.05, 0) is 17.7 Å². The number of nitrogens with two attached hydrogens (primary N) is 1. The molecule has 1 aromatic carbocycles. The van der Waals surface area contributed by atoms with E-state index in [2.05, 4.69) is 0 Å². The van der Waals surface area contributed by atoms with Gasteiger partial charge in [0.2, 0.25) is 18.6 Å². The van der Waals surface area contributed by atoms with Crippen molar-refractivity contribution >= 4 is 11.8 Å². The summed E-state index contributed by atoms with van der Waals surface area (Å²) in [6.07, 6.45) is 0. The number of likely N-dealkylation sites (N-methyl/N-ethyl adjacent to an activating group) is 1. The van der Waals surface area contributed by atoms with Gasteiger partial charge in [-0.15, -0.1) is 0 Å². The zero-order chi connectivity index (χ0) is 15.0. The monoisotopic (exact) mass is 291 g/mol. The number of carbonyl (C=O) groups is 2. The number of carbonyl (C=O) groups excluding carboxylic acids is 2. The molecule has 112 valence electrons. The molecule has 0 spiro atoms. The van der Waals surface area contributed by atoms with Crippen molar-refractivity contribution in [1.82, 2.24) is 9.80 Å². The molecule has 7 nitrogen and oxygen atoms in total. The fourth-order valence-electron chi connectivity index (χ4n) is 2.42. The zero-order valence-electron chi connectivity index (χ0n) is 11.7. The minimum atomic E-state index is -0.375. The molecule has 1 saturated heterocycles. The molecule has 2 N–H and O–H groups in total. The smallest absolute Gasteiger partial charge is 0.242 e. The third-order valence-electron chi connectivity index (χ3n) is 3.72. The van der Waals surface area contributed by atoms with Crippen LogP contribution in [0.2, 0.25) is 0 Å². The van der Waals surface area contributed by atoms with Crippen LogP contribution in [0.5, 0.6) is 11.5 Å². The molecular weight excluding hydrogens is 274 g/mol. The number of piperazine rings is 1. The van der Waals surface area contributed by atoms with Gasteiger partial charge in [0.25, 0.3) is 0 Å². The Kier molecular flexibility index (Phi) is 3.42. The molecule has 2 heterocycles. The lowest BCUT2D eigenvalue weighted by Gasteiger charge is -2.33. The van der Waals surface area contributed by atoms with Gasteiger partial charge in [0.15, 0.2) is 11.5 Å². The summed E-state index contributed by atoms with van der Waals surface area (Å²) in [5.41, 5.74) is 6.99. The molecule has 0 saturated carbocycles. The Morgan fingerprint density at radius 3 is 2.76 bits per heavy atom. The highest BCUT2D eigenvalue weighted by Crippen LogP contribution is 2.33. The lowest BCUT2D eigenvalue weighted by Crippen LogP contribution is -2.53. The maximum absolute atomic E-state index is 11.9. The molecule has 2 amide bonds. The first-order valence-corrected chi connectivity index (χ1v) is 6.71. The van der Waals surface area contributed by atoms with E-state index < -0.39 is 0 Å². The number of amides is 2. The summed E-state index contributed by atoms with van der Waals surface area (Å²) in [6.45, 7) is 0.692. The van der Waals surface area contributed by atoms with Gasteiger partial charge in [-0.1, -0.05) is 6.07 Å². The SMILES string of the molecule is CN1CC(=O)N(CC(N)c2ccc3c(c2)OCO3)CC1=O. The van der Waals surface area contributed by atoms with Crippen molar-refractivity contribution in [2.75, 3.05) is 33.5 Å². The molecule has 21 heavy (non-hydrogen) atoms. The summed E-state index contributed by atoms with van der Waals surface area (Å²) in [4.78, 5) is 26.5. The molecule has 0 radical (unpaired) electrons. The van der Waals surface area contributed by atoms with Crippen molar-refractivity contribution in [2.24, 2.45) is 5.73 Å². The van der Waals surface area contributed by atoms with Crippen LogP contribution in [-0.4, -0.2) is 55.1 Å². The third kappa shape index (κ3) is 2.64. The summed E-state index contributed by atoms with van der Waals surface area (Å²) in [5.74, 6) is 1.18. The largest absolute Gasteiger partial charge is 0.454 e. The Morgan fingerprint density at radius 2 is 1.95 bits per heavy atom. The molecular formula is C14H17N3O4. The van der Waals surface area contributed by atoms with Gasteiger partial charge < -0.3 is 25.0 Å². The van der Waals surface area contributed by atoms with Gasteiger partial charge in [-0.3, -0.25) is 9.59 Å². The van der Waals surface area contributed by atoms with Crippen molar-refractivity contribution < 1.29 is 19.1 Å². The Bertz CT molecular complexity index is 590. The van der Waals surface area contributed by atoms with Crippen LogP contribution in [0.15, 0.2) is 18.2 Å². The van der Waals surface area contributed by atoms with E-state index >= 15 is 0 Å². The second-order valence-electron chi connectivity index (χ2n) is 5.24. The van der Waals surface area contributed by atoms with Crippen LogP contribution in [0.1, 0.15) is 11.6 Å². The van der Waals surface area contributed by atoms with Gasteiger partial charge >= 0.3 is 0 Å². The molecule has 0 bridgehead atoms. The van der Waals surface area contributed by atoms with Gasteiger partial charge in [-0.2, -0.15) is 0 Å². The lowest BCUT2D eigenvalue weighted by atomic mass is 10.1. The molecule has 3 rings (SSSR count). The number of hydrogen-bond donors (Lipinski definition) is 1. The predicted octanol–water partition coefficient (Wildman–Crippen LogP) is -0.284. The average molecular weight is 291 g/mol. The molecule has 1 fully saturated rings.